The highest BCUT2D eigenvalue weighted by atomic mass is 32.2. The van der Waals surface area contributed by atoms with Gasteiger partial charge in [0, 0.05) is 41.2 Å². The number of benzene rings is 2. The molecular formula is C22H21N3O2S. The van der Waals surface area contributed by atoms with Gasteiger partial charge in [0.25, 0.3) is 5.91 Å². The minimum absolute atomic E-state index is 0.0268. The number of para-hydroxylation sites is 1. The van der Waals surface area contributed by atoms with Gasteiger partial charge in [-0.1, -0.05) is 18.2 Å². The molecule has 3 aromatic rings. The number of amides is 1. The van der Waals surface area contributed by atoms with Crippen molar-refractivity contribution in [2.24, 2.45) is 0 Å². The van der Waals surface area contributed by atoms with E-state index in [1.165, 1.54) is 0 Å². The van der Waals surface area contributed by atoms with Crippen molar-refractivity contribution in [1.82, 2.24) is 9.88 Å². The molecule has 0 unspecified atom stereocenters. The Bertz CT molecular complexity index is 1030. The molecule has 0 bridgehead atoms. The first kappa shape index (κ1) is 18.5. The number of pyridine rings is 1. The van der Waals surface area contributed by atoms with Gasteiger partial charge in [-0.25, -0.2) is 4.98 Å². The number of fused-ring (bicyclic) bond motifs is 1. The molecule has 2 heterocycles. The van der Waals surface area contributed by atoms with Crippen molar-refractivity contribution < 1.29 is 9.59 Å². The van der Waals surface area contributed by atoms with Crippen LogP contribution in [0.1, 0.15) is 27.8 Å². The van der Waals surface area contributed by atoms with E-state index in [1.807, 2.05) is 59.1 Å². The number of thioether (sulfide) groups is 1. The van der Waals surface area contributed by atoms with Gasteiger partial charge in [0.2, 0.25) is 0 Å². The Balaban J connectivity index is 1.69. The molecule has 1 aliphatic heterocycles. The van der Waals surface area contributed by atoms with E-state index in [9.17, 15) is 9.59 Å². The van der Waals surface area contributed by atoms with Crippen molar-refractivity contribution >= 4 is 45.7 Å². The second kappa shape index (κ2) is 8.02. The lowest BCUT2D eigenvalue weighted by atomic mass is 10.1. The van der Waals surface area contributed by atoms with Crippen LogP contribution >= 0.6 is 11.8 Å². The van der Waals surface area contributed by atoms with Gasteiger partial charge in [-0.15, -0.1) is 0 Å². The molecule has 142 valence electrons. The molecule has 28 heavy (non-hydrogen) atoms. The fraction of sp³-hybridized carbons (Fsp3) is 0.227. The molecule has 2 aromatic carbocycles. The molecule has 0 saturated carbocycles. The highest BCUT2D eigenvalue weighted by Crippen LogP contribution is 2.27. The molecule has 0 spiro atoms. The van der Waals surface area contributed by atoms with Gasteiger partial charge in [-0.3, -0.25) is 9.59 Å². The van der Waals surface area contributed by atoms with Crippen LogP contribution in [0.3, 0.4) is 0 Å². The molecule has 1 fully saturated rings. The van der Waals surface area contributed by atoms with Crippen LogP contribution in [0.4, 0.5) is 11.4 Å². The average Bonchev–Trinajstić information content (AvgIpc) is 2.74. The molecular weight excluding hydrogens is 370 g/mol. The fourth-order valence-electron chi connectivity index (χ4n) is 3.26. The van der Waals surface area contributed by atoms with E-state index < -0.39 is 0 Å². The quantitative estimate of drug-likeness (QED) is 0.669. The number of ketones is 1. The predicted molar refractivity (Wildman–Crippen MR) is 115 cm³/mol. The molecule has 1 amide bonds. The van der Waals surface area contributed by atoms with Crippen LogP contribution in [0.25, 0.3) is 10.9 Å². The number of Topliss-reactive ketones (excluding diaryl/α,β-unsaturated/α-hetero) is 1. The lowest BCUT2D eigenvalue weighted by molar-refractivity contribution is 0.0766. The molecule has 1 aromatic heterocycles. The number of anilines is 2. The summed E-state index contributed by atoms with van der Waals surface area (Å²) in [6.07, 6.45) is 0. The third kappa shape index (κ3) is 3.87. The first-order valence-electron chi connectivity index (χ1n) is 9.26. The zero-order valence-electron chi connectivity index (χ0n) is 15.6. The lowest BCUT2D eigenvalue weighted by Crippen LogP contribution is -2.38. The summed E-state index contributed by atoms with van der Waals surface area (Å²) in [4.78, 5) is 30.9. The summed E-state index contributed by atoms with van der Waals surface area (Å²) in [5, 5.41) is 4.33. The van der Waals surface area contributed by atoms with Crippen LogP contribution in [-0.2, 0) is 0 Å². The molecule has 4 rings (SSSR count). The van der Waals surface area contributed by atoms with Crippen molar-refractivity contribution in [1.29, 1.82) is 0 Å². The van der Waals surface area contributed by atoms with E-state index in [0.29, 0.717) is 11.3 Å². The largest absolute Gasteiger partial charge is 0.355 e. The standard InChI is InChI=1S/C22H21N3O2S/c1-15(26)16-6-8-17(9-7-16)23-20-14-21(22(27)25-10-12-28-13-11-25)24-19-5-3-2-4-18(19)20/h2-9,14H,10-13H2,1H3,(H,23,24). The second-order valence-electron chi connectivity index (χ2n) is 6.74. The highest BCUT2D eigenvalue weighted by Gasteiger charge is 2.21. The van der Waals surface area contributed by atoms with Crippen LogP contribution in [0, 0.1) is 0 Å². The Morgan fingerprint density at radius 2 is 1.75 bits per heavy atom. The Labute approximate surface area is 168 Å². The summed E-state index contributed by atoms with van der Waals surface area (Å²) in [5.41, 5.74) is 3.59. The maximum Gasteiger partial charge on any atom is 0.272 e. The van der Waals surface area contributed by atoms with Crippen molar-refractivity contribution in [3.05, 3.63) is 65.9 Å². The number of carbonyl (C=O) groups is 2. The summed E-state index contributed by atoms with van der Waals surface area (Å²) >= 11 is 1.87. The van der Waals surface area contributed by atoms with E-state index in [1.54, 1.807) is 19.1 Å². The molecule has 1 saturated heterocycles. The van der Waals surface area contributed by atoms with E-state index >= 15 is 0 Å². The summed E-state index contributed by atoms with van der Waals surface area (Å²) in [6, 6.07) is 16.9. The third-order valence-electron chi connectivity index (χ3n) is 4.80. The molecule has 0 atom stereocenters. The Kier molecular flexibility index (Phi) is 5.30. The Morgan fingerprint density at radius 3 is 2.46 bits per heavy atom. The first-order valence-corrected chi connectivity index (χ1v) is 10.4. The number of rotatable bonds is 4. The van der Waals surface area contributed by atoms with E-state index in [0.717, 1.165) is 46.9 Å². The second-order valence-corrected chi connectivity index (χ2v) is 7.96. The molecule has 6 heteroatoms. The number of hydrogen-bond acceptors (Lipinski definition) is 5. The van der Waals surface area contributed by atoms with Crippen LogP contribution < -0.4 is 5.32 Å². The summed E-state index contributed by atoms with van der Waals surface area (Å²) < 4.78 is 0. The SMILES string of the molecule is CC(=O)c1ccc(Nc2cc(C(=O)N3CCSCC3)nc3ccccc23)cc1. The van der Waals surface area contributed by atoms with E-state index in [-0.39, 0.29) is 11.7 Å². The molecule has 1 aliphatic rings. The van der Waals surface area contributed by atoms with Gasteiger partial charge < -0.3 is 10.2 Å². The number of carbonyl (C=O) groups excluding carboxylic acids is 2. The molecule has 0 aliphatic carbocycles. The monoisotopic (exact) mass is 391 g/mol. The van der Waals surface area contributed by atoms with Crippen molar-refractivity contribution in [3.8, 4) is 0 Å². The summed E-state index contributed by atoms with van der Waals surface area (Å²) in [5.74, 6) is 1.94. The van der Waals surface area contributed by atoms with E-state index in [4.69, 9.17) is 0 Å². The lowest BCUT2D eigenvalue weighted by Gasteiger charge is -2.26. The van der Waals surface area contributed by atoms with Gasteiger partial charge in [0.1, 0.15) is 5.69 Å². The number of aromatic nitrogens is 1. The van der Waals surface area contributed by atoms with E-state index in [2.05, 4.69) is 10.3 Å². The van der Waals surface area contributed by atoms with Crippen LogP contribution in [0.5, 0.6) is 0 Å². The van der Waals surface area contributed by atoms with Gasteiger partial charge in [0.15, 0.2) is 5.78 Å². The Hall–Kier alpha value is -2.86. The minimum atomic E-state index is -0.0268. The fourth-order valence-corrected chi connectivity index (χ4v) is 4.16. The Morgan fingerprint density at radius 1 is 1.04 bits per heavy atom. The highest BCUT2D eigenvalue weighted by molar-refractivity contribution is 7.99. The van der Waals surface area contributed by atoms with Gasteiger partial charge in [0.05, 0.1) is 11.2 Å². The molecule has 5 nitrogen and oxygen atoms in total. The van der Waals surface area contributed by atoms with Crippen LogP contribution in [0.2, 0.25) is 0 Å². The van der Waals surface area contributed by atoms with Crippen molar-refractivity contribution in [3.63, 3.8) is 0 Å². The predicted octanol–water partition coefficient (Wildman–Crippen LogP) is 4.37. The zero-order chi connectivity index (χ0) is 19.5. The normalized spacial score (nSPS) is 14.1. The third-order valence-corrected chi connectivity index (χ3v) is 5.75. The zero-order valence-corrected chi connectivity index (χ0v) is 16.5. The summed E-state index contributed by atoms with van der Waals surface area (Å²) in [7, 11) is 0. The number of hydrogen-bond donors (Lipinski definition) is 1. The van der Waals surface area contributed by atoms with Crippen molar-refractivity contribution in [2.75, 3.05) is 29.9 Å². The van der Waals surface area contributed by atoms with Gasteiger partial charge in [-0.05, 0) is 43.3 Å². The van der Waals surface area contributed by atoms with Gasteiger partial charge in [-0.2, -0.15) is 11.8 Å². The maximum atomic E-state index is 13.0. The molecule has 1 N–H and O–H groups in total. The molecule has 0 radical (unpaired) electrons. The van der Waals surface area contributed by atoms with Crippen molar-refractivity contribution in [2.45, 2.75) is 6.92 Å². The average molecular weight is 391 g/mol. The minimum Gasteiger partial charge on any atom is -0.355 e. The van der Waals surface area contributed by atoms with Crippen LogP contribution in [-0.4, -0.2) is 46.2 Å². The topological polar surface area (TPSA) is 62.3 Å². The number of nitrogens with zero attached hydrogens (tertiary/aromatic N) is 2. The maximum absolute atomic E-state index is 13.0. The smallest absolute Gasteiger partial charge is 0.272 e. The van der Waals surface area contributed by atoms with Gasteiger partial charge >= 0.3 is 0 Å². The van der Waals surface area contributed by atoms with Crippen LogP contribution in [0.15, 0.2) is 54.6 Å². The summed E-state index contributed by atoms with van der Waals surface area (Å²) in [6.45, 7) is 3.07. The first-order chi connectivity index (χ1) is 13.6. The number of nitrogens with one attached hydrogen (secondary N) is 1.